The predicted octanol–water partition coefficient (Wildman–Crippen LogP) is 3.23. The lowest BCUT2D eigenvalue weighted by molar-refractivity contribution is -0.175. The lowest BCUT2D eigenvalue weighted by Crippen LogP contribution is -2.24. The van der Waals surface area contributed by atoms with Gasteiger partial charge in [0.1, 0.15) is 13.2 Å². The van der Waals surface area contributed by atoms with E-state index in [2.05, 4.69) is 37.1 Å². The molecule has 1 aliphatic rings. The van der Waals surface area contributed by atoms with Crippen molar-refractivity contribution < 1.29 is 27.4 Å². The van der Waals surface area contributed by atoms with E-state index in [4.69, 9.17) is 4.74 Å². The third kappa shape index (κ3) is 7.86. The number of aromatic nitrogens is 2. The fourth-order valence-electron chi connectivity index (χ4n) is 3.51. The predicted molar refractivity (Wildman–Crippen MR) is 117 cm³/mol. The van der Waals surface area contributed by atoms with Crippen LogP contribution in [0.4, 0.5) is 24.7 Å². The van der Waals surface area contributed by atoms with Crippen LogP contribution in [-0.2, 0) is 22.6 Å². The molecule has 0 unspecified atom stereocenters. The number of anilines is 2. The first-order chi connectivity index (χ1) is 15.9. The van der Waals surface area contributed by atoms with Gasteiger partial charge in [-0.25, -0.2) is 4.98 Å². The normalized spacial score (nSPS) is 14.3. The van der Waals surface area contributed by atoms with Crippen LogP contribution in [0, 0.1) is 0 Å². The number of likely N-dealkylation sites (tertiary alicyclic amines) is 1. The Morgan fingerprint density at radius 3 is 2.48 bits per heavy atom. The molecule has 1 aromatic carbocycles. The maximum atomic E-state index is 12.1. The highest BCUT2D eigenvalue weighted by Crippen LogP contribution is 2.25. The molecule has 2 aromatic rings. The summed E-state index contributed by atoms with van der Waals surface area (Å²) in [6.45, 7) is 1.67. The summed E-state index contributed by atoms with van der Waals surface area (Å²) < 4.78 is 46.2. The van der Waals surface area contributed by atoms with E-state index in [9.17, 15) is 18.0 Å². The van der Waals surface area contributed by atoms with Crippen molar-refractivity contribution >= 4 is 17.9 Å². The first kappa shape index (κ1) is 24.7. The quantitative estimate of drug-likeness (QED) is 0.379. The SMILES string of the molecule is CNc1cnc(OCCOCC(F)(F)F)nc1N(C=O)Cc1ccc(CN2CCCC2)cc1. The molecule has 0 aliphatic carbocycles. The minimum Gasteiger partial charge on any atom is -0.461 e. The van der Waals surface area contributed by atoms with E-state index in [0.29, 0.717) is 17.9 Å². The van der Waals surface area contributed by atoms with Crippen molar-refractivity contribution in [1.82, 2.24) is 14.9 Å². The second-order valence-electron chi connectivity index (χ2n) is 7.69. The standard InChI is InChI=1S/C22H28F3N5O3/c1-26-19-12-27-21(33-11-10-32-15-22(23,24)25)28-20(19)30(16-31)14-18-6-4-17(5-7-18)13-29-8-2-3-9-29/h4-7,12,16,26H,2-3,8-11,13-15H2,1H3. The topological polar surface area (TPSA) is 79.8 Å². The van der Waals surface area contributed by atoms with Crippen LogP contribution in [0.25, 0.3) is 0 Å². The largest absolute Gasteiger partial charge is 0.461 e. The van der Waals surface area contributed by atoms with Crippen molar-refractivity contribution in [3.8, 4) is 6.01 Å². The zero-order valence-corrected chi connectivity index (χ0v) is 18.5. The molecule has 180 valence electrons. The van der Waals surface area contributed by atoms with E-state index in [0.717, 1.165) is 25.2 Å². The van der Waals surface area contributed by atoms with Gasteiger partial charge in [-0.1, -0.05) is 24.3 Å². The van der Waals surface area contributed by atoms with E-state index in [1.165, 1.54) is 29.5 Å². The number of ether oxygens (including phenoxy) is 2. The van der Waals surface area contributed by atoms with Crippen LogP contribution in [0.1, 0.15) is 24.0 Å². The summed E-state index contributed by atoms with van der Waals surface area (Å²) in [6.07, 6.45) is 0.202. The second-order valence-corrected chi connectivity index (χ2v) is 7.69. The molecule has 11 heteroatoms. The highest BCUT2D eigenvalue weighted by molar-refractivity contribution is 5.80. The Bertz CT molecular complexity index is 890. The average molecular weight is 467 g/mol. The molecule has 0 saturated carbocycles. The molecule has 0 radical (unpaired) electrons. The fraction of sp³-hybridized carbons (Fsp3) is 0.500. The van der Waals surface area contributed by atoms with E-state index in [-0.39, 0.29) is 25.8 Å². The third-order valence-corrected chi connectivity index (χ3v) is 5.12. The van der Waals surface area contributed by atoms with Crippen LogP contribution in [0.5, 0.6) is 6.01 Å². The first-order valence-corrected chi connectivity index (χ1v) is 10.7. The zero-order chi connectivity index (χ0) is 23.7. The Kier molecular flexibility index (Phi) is 8.84. The van der Waals surface area contributed by atoms with E-state index < -0.39 is 12.8 Å². The maximum Gasteiger partial charge on any atom is 0.411 e. The smallest absolute Gasteiger partial charge is 0.411 e. The molecule has 0 atom stereocenters. The number of halogens is 3. The number of alkyl halides is 3. The Morgan fingerprint density at radius 1 is 1.15 bits per heavy atom. The summed E-state index contributed by atoms with van der Waals surface area (Å²) in [4.78, 5) is 24.0. The molecule has 8 nitrogen and oxygen atoms in total. The summed E-state index contributed by atoms with van der Waals surface area (Å²) in [6, 6.07) is 8.03. The third-order valence-electron chi connectivity index (χ3n) is 5.12. The molecule has 1 aromatic heterocycles. The molecular formula is C22H28F3N5O3. The molecule has 1 N–H and O–H groups in total. The van der Waals surface area contributed by atoms with E-state index in [1.54, 1.807) is 7.05 Å². The number of carbonyl (C=O) groups excluding carboxylic acids is 1. The van der Waals surface area contributed by atoms with Gasteiger partial charge in [0.2, 0.25) is 6.41 Å². The van der Waals surface area contributed by atoms with Gasteiger partial charge in [-0.3, -0.25) is 14.6 Å². The van der Waals surface area contributed by atoms with Crippen LogP contribution in [0.3, 0.4) is 0 Å². The number of nitrogens with zero attached hydrogens (tertiary/aromatic N) is 4. The lowest BCUT2D eigenvalue weighted by atomic mass is 10.1. The number of amides is 1. The summed E-state index contributed by atoms with van der Waals surface area (Å²) >= 11 is 0. The first-order valence-electron chi connectivity index (χ1n) is 10.7. The van der Waals surface area contributed by atoms with Gasteiger partial charge < -0.3 is 14.8 Å². The van der Waals surface area contributed by atoms with Crippen LogP contribution in [0.15, 0.2) is 30.5 Å². The number of carbonyl (C=O) groups is 1. The van der Waals surface area contributed by atoms with Gasteiger partial charge in [-0.05, 0) is 37.1 Å². The summed E-state index contributed by atoms with van der Waals surface area (Å²) in [5.74, 6) is 0.301. The van der Waals surface area contributed by atoms with Gasteiger partial charge in [-0.15, -0.1) is 0 Å². The number of hydrogen-bond donors (Lipinski definition) is 1. The lowest BCUT2D eigenvalue weighted by Gasteiger charge is -2.20. The maximum absolute atomic E-state index is 12.1. The molecule has 2 heterocycles. The minimum atomic E-state index is -4.39. The van der Waals surface area contributed by atoms with Crippen molar-refractivity contribution in [3.63, 3.8) is 0 Å². The van der Waals surface area contributed by atoms with Crippen LogP contribution in [-0.4, -0.2) is 67.4 Å². The summed E-state index contributed by atoms with van der Waals surface area (Å²) in [7, 11) is 1.67. The van der Waals surface area contributed by atoms with Gasteiger partial charge >= 0.3 is 12.2 Å². The van der Waals surface area contributed by atoms with Crippen molar-refractivity contribution in [2.45, 2.75) is 32.1 Å². The molecule has 0 bridgehead atoms. The number of nitrogens with one attached hydrogen (secondary N) is 1. The number of hydrogen-bond acceptors (Lipinski definition) is 7. The molecule has 1 saturated heterocycles. The van der Waals surface area contributed by atoms with Gasteiger partial charge in [0.15, 0.2) is 5.82 Å². The molecular weight excluding hydrogens is 439 g/mol. The van der Waals surface area contributed by atoms with Crippen LogP contribution in [0.2, 0.25) is 0 Å². The van der Waals surface area contributed by atoms with Crippen molar-refractivity contribution in [1.29, 1.82) is 0 Å². The zero-order valence-electron chi connectivity index (χ0n) is 18.5. The van der Waals surface area contributed by atoms with Gasteiger partial charge in [0, 0.05) is 13.6 Å². The van der Waals surface area contributed by atoms with Gasteiger partial charge in [-0.2, -0.15) is 18.2 Å². The average Bonchev–Trinajstić information content (AvgIpc) is 3.30. The molecule has 3 rings (SSSR count). The minimum absolute atomic E-state index is 0.0626. The number of benzene rings is 1. The van der Waals surface area contributed by atoms with E-state index >= 15 is 0 Å². The molecule has 1 fully saturated rings. The van der Waals surface area contributed by atoms with Crippen LogP contribution >= 0.6 is 0 Å². The van der Waals surface area contributed by atoms with Crippen molar-refractivity contribution in [3.05, 3.63) is 41.6 Å². The highest BCUT2D eigenvalue weighted by atomic mass is 19.4. The monoisotopic (exact) mass is 467 g/mol. The van der Waals surface area contributed by atoms with Crippen molar-refractivity contribution in [2.24, 2.45) is 0 Å². The molecule has 1 amide bonds. The Balaban J connectivity index is 1.61. The molecule has 33 heavy (non-hydrogen) atoms. The molecule has 1 aliphatic heterocycles. The number of rotatable bonds is 12. The highest BCUT2D eigenvalue weighted by Gasteiger charge is 2.27. The Labute approximate surface area is 190 Å². The van der Waals surface area contributed by atoms with Gasteiger partial charge in [0.25, 0.3) is 0 Å². The van der Waals surface area contributed by atoms with Gasteiger partial charge in [0.05, 0.1) is 25.0 Å². The van der Waals surface area contributed by atoms with Crippen molar-refractivity contribution in [2.75, 3.05) is 50.2 Å². The van der Waals surface area contributed by atoms with E-state index in [1.807, 2.05) is 12.1 Å². The second kappa shape index (κ2) is 11.8. The Morgan fingerprint density at radius 2 is 1.85 bits per heavy atom. The summed E-state index contributed by atoms with van der Waals surface area (Å²) in [5, 5.41) is 2.93. The summed E-state index contributed by atoms with van der Waals surface area (Å²) in [5.41, 5.74) is 2.66. The fourth-order valence-corrected chi connectivity index (χ4v) is 3.51. The molecule has 0 spiro atoms. The Hall–Kier alpha value is -2.92. The van der Waals surface area contributed by atoms with Crippen LogP contribution < -0.4 is 15.0 Å².